The van der Waals surface area contributed by atoms with Crippen molar-refractivity contribution < 1.29 is 12.9 Å². The van der Waals surface area contributed by atoms with Gasteiger partial charge < -0.3 is 9.84 Å². The summed E-state index contributed by atoms with van der Waals surface area (Å²) in [6.45, 7) is 0. The Morgan fingerprint density at radius 3 is 2.86 bits per heavy atom. The van der Waals surface area contributed by atoms with Crippen LogP contribution in [-0.4, -0.2) is 30.9 Å². The maximum Gasteiger partial charge on any atom is 0.321 e. The minimum Gasteiger partial charge on any atom is -0.335 e. The lowest BCUT2D eigenvalue weighted by atomic mass is 10.7. The van der Waals surface area contributed by atoms with Crippen LogP contribution in [-0.2, 0) is 15.6 Å². The zero-order valence-electron chi connectivity index (χ0n) is 7.73. The number of nitrogens with one attached hydrogen (secondary N) is 1. The Morgan fingerprint density at radius 2 is 2.29 bits per heavy atom. The Hall–Kier alpha value is -1.11. The Morgan fingerprint density at radius 1 is 1.57 bits per heavy atom. The molecule has 0 saturated heterocycles. The molecule has 14 heavy (non-hydrogen) atoms. The number of hydrogen-bond acceptors (Lipinski definition) is 6. The monoisotopic (exact) mass is 217 g/mol. The number of aromatic nitrogens is 2. The summed E-state index contributed by atoms with van der Waals surface area (Å²) in [5, 5.41) is 6.54. The molecule has 1 aromatic rings. The predicted octanol–water partition coefficient (Wildman–Crippen LogP) is 0.189. The van der Waals surface area contributed by atoms with E-state index in [9.17, 15) is 8.42 Å². The standard InChI is InChI=1S/C7H11N3O3S/c1-14(11,12)4-6-9-7(13-10-6)8-5-2-3-5/h5H,2-4H2,1H3,(H,8,9,10). The van der Waals surface area contributed by atoms with Crippen LogP contribution in [0.2, 0.25) is 0 Å². The van der Waals surface area contributed by atoms with Crippen LogP contribution < -0.4 is 5.32 Å². The molecule has 0 bridgehead atoms. The molecule has 0 unspecified atom stereocenters. The average molecular weight is 217 g/mol. The molecule has 0 spiro atoms. The third kappa shape index (κ3) is 2.69. The number of sulfone groups is 1. The summed E-state index contributed by atoms with van der Waals surface area (Å²) >= 11 is 0. The van der Waals surface area contributed by atoms with Crippen LogP contribution in [0.3, 0.4) is 0 Å². The molecule has 1 saturated carbocycles. The van der Waals surface area contributed by atoms with Gasteiger partial charge in [0.1, 0.15) is 5.75 Å². The van der Waals surface area contributed by atoms with E-state index in [4.69, 9.17) is 4.52 Å². The van der Waals surface area contributed by atoms with Crippen LogP contribution >= 0.6 is 0 Å². The predicted molar refractivity (Wildman–Crippen MR) is 49.5 cm³/mol. The lowest BCUT2D eigenvalue weighted by molar-refractivity contribution is 0.424. The molecule has 0 amide bonds. The first kappa shape index (κ1) is 9.45. The van der Waals surface area contributed by atoms with Crippen molar-refractivity contribution in [1.29, 1.82) is 0 Å². The van der Waals surface area contributed by atoms with E-state index >= 15 is 0 Å². The van der Waals surface area contributed by atoms with Gasteiger partial charge in [-0.1, -0.05) is 5.16 Å². The van der Waals surface area contributed by atoms with Gasteiger partial charge in [0, 0.05) is 12.3 Å². The molecule has 1 fully saturated rings. The normalized spacial score (nSPS) is 16.9. The van der Waals surface area contributed by atoms with Crippen LogP contribution in [0, 0.1) is 0 Å². The van der Waals surface area contributed by atoms with Crippen molar-refractivity contribution in [3.05, 3.63) is 5.82 Å². The zero-order chi connectivity index (χ0) is 10.2. The summed E-state index contributed by atoms with van der Waals surface area (Å²) in [4.78, 5) is 3.91. The van der Waals surface area contributed by atoms with Crippen molar-refractivity contribution in [3.8, 4) is 0 Å². The lowest BCUT2D eigenvalue weighted by Gasteiger charge is -1.92. The van der Waals surface area contributed by atoms with Crippen LogP contribution in [0.15, 0.2) is 4.52 Å². The van der Waals surface area contributed by atoms with Crippen molar-refractivity contribution in [2.75, 3.05) is 11.6 Å². The van der Waals surface area contributed by atoms with Gasteiger partial charge in [0.2, 0.25) is 0 Å². The van der Waals surface area contributed by atoms with Crippen molar-refractivity contribution in [2.45, 2.75) is 24.6 Å². The number of hydrogen-bond donors (Lipinski definition) is 1. The first-order valence-corrected chi connectivity index (χ1v) is 6.36. The smallest absolute Gasteiger partial charge is 0.321 e. The largest absolute Gasteiger partial charge is 0.335 e. The lowest BCUT2D eigenvalue weighted by Crippen LogP contribution is -2.03. The molecule has 0 aliphatic heterocycles. The molecule has 7 heteroatoms. The quantitative estimate of drug-likeness (QED) is 0.774. The second-order valence-corrected chi connectivity index (χ2v) is 5.64. The highest BCUT2D eigenvalue weighted by Crippen LogP contribution is 2.23. The van der Waals surface area contributed by atoms with E-state index in [1.54, 1.807) is 0 Å². The van der Waals surface area contributed by atoms with E-state index < -0.39 is 9.84 Å². The Balaban J connectivity index is 2.01. The molecule has 0 atom stereocenters. The molecule has 0 aromatic carbocycles. The Labute approximate surface area is 81.6 Å². The summed E-state index contributed by atoms with van der Waals surface area (Å²) in [6.07, 6.45) is 3.34. The van der Waals surface area contributed by atoms with Gasteiger partial charge >= 0.3 is 6.01 Å². The van der Waals surface area contributed by atoms with E-state index in [2.05, 4.69) is 15.5 Å². The molecule has 1 aromatic heterocycles. The fraction of sp³-hybridized carbons (Fsp3) is 0.714. The van der Waals surface area contributed by atoms with Crippen molar-refractivity contribution in [3.63, 3.8) is 0 Å². The molecule has 1 N–H and O–H groups in total. The van der Waals surface area contributed by atoms with Crippen molar-refractivity contribution in [1.82, 2.24) is 10.1 Å². The summed E-state index contributed by atoms with van der Waals surface area (Å²) in [5.74, 6) is 0.0266. The molecule has 1 heterocycles. The van der Waals surface area contributed by atoms with E-state index in [1.165, 1.54) is 0 Å². The van der Waals surface area contributed by atoms with Gasteiger partial charge in [0.05, 0.1) is 0 Å². The summed E-state index contributed by atoms with van der Waals surface area (Å²) < 4.78 is 26.6. The topological polar surface area (TPSA) is 85.1 Å². The van der Waals surface area contributed by atoms with Crippen LogP contribution in [0.25, 0.3) is 0 Å². The first-order valence-electron chi connectivity index (χ1n) is 4.30. The van der Waals surface area contributed by atoms with Gasteiger partial charge in [0.25, 0.3) is 0 Å². The van der Waals surface area contributed by atoms with Crippen LogP contribution in [0.5, 0.6) is 0 Å². The highest BCUT2D eigenvalue weighted by Gasteiger charge is 2.23. The molecule has 1 aliphatic rings. The minimum absolute atomic E-state index is 0.178. The van der Waals surface area contributed by atoms with Crippen molar-refractivity contribution in [2.24, 2.45) is 0 Å². The van der Waals surface area contributed by atoms with E-state index in [0.717, 1.165) is 19.1 Å². The van der Waals surface area contributed by atoms with Gasteiger partial charge in [-0.05, 0) is 12.8 Å². The number of nitrogens with zero attached hydrogens (tertiary/aromatic N) is 2. The summed E-state index contributed by atoms with van der Waals surface area (Å²) in [6, 6.07) is 0.729. The van der Waals surface area contributed by atoms with Gasteiger partial charge in [-0.2, -0.15) is 4.98 Å². The highest BCUT2D eigenvalue weighted by atomic mass is 32.2. The number of anilines is 1. The highest BCUT2D eigenvalue weighted by molar-refractivity contribution is 7.89. The maximum absolute atomic E-state index is 10.9. The first-order chi connectivity index (χ1) is 6.53. The maximum atomic E-state index is 10.9. The summed E-state index contributed by atoms with van der Waals surface area (Å²) in [7, 11) is -3.09. The molecule has 1 aliphatic carbocycles. The SMILES string of the molecule is CS(=O)(=O)Cc1noc(NC2CC2)n1. The fourth-order valence-electron chi connectivity index (χ4n) is 1.01. The second-order valence-electron chi connectivity index (χ2n) is 3.50. The van der Waals surface area contributed by atoms with Gasteiger partial charge in [-0.25, -0.2) is 8.42 Å². The van der Waals surface area contributed by atoms with Crippen LogP contribution in [0.4, 0.5) is 6.01 Å². The molecule has 2 rings (SSSR count). The molecular formula is C7H11N3O3S. The molecular weight excluding hydrogens is 206 g/mol. The van der Waals surface area contributed by atoms with E-state index in [0.29, 0.717) is 12.1 Å². The third-order valence-electron chi connectivity index (χ3n) is 1.76. The second kappa shape index (κ2) is 3.23. The molecule has 6 nitrogen and oxygen atoms in total. The van der Waals surface area contributed by atoms with Gasteiger partial charge in [-0.15, -0.1) is 0 Å². The Bertz CT molecular complexity index is 421. The van der Waals surface area contributed by atoms with Crippen LogP contribution in [0.1, 0.15) is 18.7 Å². The Kier molecular flexibility index (Phi) is 2.18. The average Bonchev–Trinajstić information content (AvgIpc) is 2.71. The van der Waals surface area contributed by atoms with Crippen molar-refractivity contribution >= 4 is 15.9 Å². The third-order valence-corrected chi connectivity index (χ3v) is 2.55. The van der Waals surface area contributed by atoms with Gasteiger partial charge in [-0.3, -0.25) is 0 Å². The summed E-state index contributed by atoms with van der Waals surface area (Å²) in [5.41, 5.74) is 0. The van der Waals surface area contributed by atoms with E-state index in [1.807, 2.05) is 0 Å². The van der Waals surface area contributed by atoms with Gasteiger partial charge in [0.15, 0.2) is 15.7 Å². The minimum atomic E-state index is -3.09. The molecule has 78 valence electrons. The zero-order valence-corrected chi connectivity index (χ0v) is 8.54. The van der Waals surface area contributed by atoms with E-state index in [-0.39, 0.29) is 11.6 Å². The molecule has 0 radical (unpaired) electrons. The number of rotatable bonds is 4. The fourth-order valence-corrected chi connectivity index (χ4v) is 1.59.